The van der Waals surface area contributed by atoms with Crippen molar-refractivity contribution >= 4 is 11.6 Å². The number of nitrogens with two attached hydrogens (primary N) is 1. The predicted molar refractivity (Wildman–Crippen MR) is 64.6 cm³/mol. The zero-order chi connectivity index (χ0) is 12.5. The van der Waals surface area contributed by atoms with Gasteiger partial charge in [0, 0.05) is 17.3 Å². The molecule has 0 saturated heterocycles. The first kappa shape index (κ1) is 10.8. The minimum Gasteiger partial charge on any atom is -0.399 e. The summed E-state index contributed by atoms with van der Waals surface area (Å²) in [5, 5.41) is 6.47. The molecule has 3 N–H and O–H groups in total. The Morgan fingerprint density at radius 1 is 1.33 bits per heavy atom. The van der Waals surface area contributed by atoms with E-state index in [1.54, 1.807) is 24.3 Å². The lowest BCUT2D eigenvalue weighted by Crippen LogP contribution is -2.26. The van der Waals surface area contributed by atoms with Crippen LogP contribution in [0.1, 0.15) is 23.5 Å². The molecular weight excluding hydrogens is 232 g/mol. The van der Waals surface area contributed by atoms with Gasteiger partial charge in [-0.25, -0.2) is 0 Å². The summed E-state index contributed by atoms with van der Waals surface area (Å²) in [5.41, 5.74) is 6.98. The normalized spacial score (nSPS) is 14.4. The quantitative estimate of drug-likeness (QED) is 0.791. The molecule has 0 unspecified atom stereocenters. The molecule has 1 aromatic carbocycles. The molecule has 1 aromatic heterocycles. The standard InChI is InChI=1S/C12H12N4O2/c13-8-3-1-7(2-4-8)12-15-10(16-18-12)11(17)14-9-5-6-9/h1-4,9H,5-6,13H2,(H,14,17). The second-order valence-corrected chi connectivity index (χ2v) is 4.29. The van der Waals surface area contributed by atoms with E-state index < -0.39 is 0 Å². The van der Waals surface area contributed by atoms with E-state index in [0.717, 1.165) is 18.4 Å². The van der Waals surface area contributed by atoms with Gasteiger partial charge >= 0.3 is 0 Å². The largest absolute Gasteiger partial charge is 0.399 e. The molecule has 1 fully saturated rings. The van der Waals surface area contributed by atoms with E-state index in [0.29, 0.717) is 11.6 Å². The third kappa shape index (κ3) is 2.17. The fourth-order valence-electron chi connectivity index (χ4n) is 1.54. The number of nitrogens with one attached hydrogen (secondary N) is 1. The topological polar surface area (TPSA) is 94.0 Å². The number of rotatable bonds is 3. The number of carbonyl (C=O) groups is 1. The summed E-state index contributed by atoms with van der Waals surface area (Å²) in [5.74, 6) is 0.0904. The molecule has 6 nitrogen and oxygen atoms in total. The van der Waals surface area contributed by atoms with Gasteiger partial charge in [0.1, 0.15) is 0 Å². The highest BCUT2D eigenvalue weighted by molar-refractivity contribution is 5.91. The highest BCUT2D eigenvalue weighted by atomic mass is 16.5. The van der Waals surface area contributed by atoms with Gasteiger partial charge in [0.05, 0.1) is 0 Å². The van der Waals surface area contributed by atoms with E-state index in [2.05, 4.69) is 15.5 Å². The Morgan fingerprint density at radius 3 is 2.72 bits per heavy atom. The van der Waals surface area contributed by atoms with Crippen molar-refractivity contribution < 1.29 is 9.32 Å². The number of benzene rings is 1. The molecule has 1 aliphatic carbocycles. The summed E-state index contributed by atoms with van der Waals surface area (Å²) >= 11 is 0. The number of hydrogen-bond acceptors (Lipinski definition) is 5. The van der Waals surface area contributed by atoms with Gasteiger partial charge in [-0.2, -0.15) is 4.98 Å². The molecule has 1 amide bonds. The number of nitrogen functional groups attached to an aromatic ring is 1. The highest BCUT2D eigenvalue weighted by Crippen LogP contribution is 2.20. The third-order valence-corrected chi connectivity index (χ3v) is 2.70. The van der Waals surface area contributed by atoms with Crippen molar-refractivity contribution in [2.75, 3.05) is 5.73 Å². The Balaban J connectivity index is 1.79. The fraction of sp³-hybridized carbons (Fsp3) is 0.250. The van der Waals surface area contributed by atoms with Crippen LogP contribution in [-0.4, -0.2) is 22.1 Å². The van der Waals surface area contributed by atoms with Crippen LogP contribution in [0, 0.1) is 0 Å². The molecule has 18 heavy (non-hydrogen) atoms. The summed E-state index contributed by atoms with van der Waals surface area (Å²) < 4.78 is 5.05. The fourth-order valence-corrected chi connectivity index (χ4v) is 1.54. The summed E-state index contributed by atoms with van der Waals surface area (Å²) in [6.45, 7) is 0. The van der Waals surface area contributed by atoms with Crippen molar-refractivity contribution in [3.05, 3.63) is 30.1 Å². The SMILES string of the molecule is Nc1ccc(-c2nc(C(=O)NC3CC3)no2)cc1. The van der Waals surface area contributed by atoms with Gasteiger partial charge in [-0.05, 0) is 37.1 Å². The highest BCUT2D eigenvalue weighted by Gasteiger charge is 2.26. The summed E-state index contributed by atoms with van der Waals surface area (Å²) in [4.78, 5) is 15.7. The summed E-state index contributed by atoms with van der Waals surface area (Å²) in [7, 11) is 0. The van der Waals surface area contributed by atoms with Crippen LogP contribution in [-0.2, 0) is 0 Å². The van der Waals surface area contributed by atoms with Gasteiger partial charge < -0.3 is 15.6 Å². The van der Waals surface area contributed by atoms with Crippen LogP contribution in [0.4, 0.5) is 5.69 Å². The van der Waals surface area contributed by atoms with Crippen molar-refractivity contribution in [2.45, 2.75) is 18.9 Å². The molecule has 0 bridgehead atoms. The molecule has 1 aliphatic rings. The maximum absolute atomic E-state index is 11.7. The first-order chi connectivity index (χ1) is 8.72. The van der Waals surface area contributed by atoms with Crippen LogP contribution in [0.2, 0.25) is 0 Å². The lowest BCUT2D eigenvalue weighted by Gasteiger charge is -1.96. The number of anilines is 1. The molecule has 2 aromatic rings. The first-order valence-electron chi connectivity index (χ1n) is 5.73. The van der Waals surface area contributed by atoms with Crippen molar-refractivity contribution in [1.82, 2.24) is 15.5 Å². The van der Waals surface area contributed by atoms with Gasteiger partial charge in [-0.1, -0.05) is 5.16 Å². The van der Waals surface area contributed by atoms with Crippen molar-refractivity contribution in [2.24, 2.45) is 0 Å². The third-order valence-electron chi connectivity index (χ3n) is 2.70. The minimum atomic E-state index is -0.289. The lowest BCUT2D eigenvalue weighted by molar-refractivity contribution is 0.0937. The van der Waals surface area contributed by atoms with Crippen LogP contribution >= 0.6 is 0 Å². The van der Waals surface area contributed by atoms with E-state index in [1.807, 2.05) is 0 Å². The second kappa shape index (κ2) is 4.14. The van der Waals surface area contributed by atoms with Gasteiger partial charge in [-0.15, -0.1) is 0 Å². The molecule has 0 spiro atoms. The van der Waals surface area contributed by atoms with E-state index in [9.17, 15) is 4.79 Å². The Hall–Kier alpha value is -2.37. The maximum Gasteiger partial charge on any atom is 0.292 e. The molecule has 3 rings (SSSR count). The lowest BCUT2D eigenvalue weighted by atomic mass is 10.2. The Bertz CT molecular complexity index is 572. The second-order valence-electron chi connectivity index (χ2n) is 4.29. The number of hydrogen-bond donors (Lipinski definition) is 2. The monoisotopic (exact) mass is 244 g/mol. The number of amides is 1. The number of carbonyl (C=O) groups excluding carboxylic acids is 1. The molecular formula is C12H12N4O2. The molecule has 0 aliphatic heterocycles. The van der Waals surface area contributed by atoms with Crippen molar-refractivity contribution in [1.29, 1.82) is 0 Å². The van der Waals surface area contributed by atoms with E-state index in [1.165, 1.54) is 0 Å². The van der Waals surface area contributed by atoms with Gasteiger partial charge in [-0.3, -0.25) is 4.79 Å². The summed E-state index contributed by atoms with van der Waals surface area (Å²) in [6, 6.07) is 7.29. The molecule has 0 radical (unpaired) electrons. The Labute approximate surface area is 103 Å². The van der Waals surface area contributed by atoms with Crippen LogP contribution in [0.3, 0.4) is 0 Å². The molecule has 6 heteroatoms. The maximum atomic E-state index is 11.7. The van der Waals surface area contributed by atoms with Gasteiger partial charge in [0.25, 0.3) is 17.6 Å². The minimum absolute atomic E-state index is 0.0636. The van der Waals surface area contributed by atoms with Crippen LogP contribution in [0.25, 0.3) is 11.5 Å². The molecule has 0 atom stereocenters. The number of aromatic nitrogens is 2. The number of nitrogens with zero attached hydrogens (tertiary/aromatic N) is 2. The van der Waals surface area contributed by atoms with Crippen molar-refractivity contribution in [3.63, 3.8) is 0 Å². The van der Waals surface area contributed by atoms with Crippen LogP contribution < -0.4 is 11.1 Å². The first-order valence-corrected chi connectivity index (χ1v) is 5.73. The van der Waals surface area contributed by atoms with Crippen LogP contribution in [0.15, 0.2) is 28.8 Å². The summed E-state index contributed by atoms with van der Waals surface area (Å²) in [6.07, 6.45) is 2.04. The van der Waals surface area contributed by atoms with Crippen LogP contribution in [0.5, 0.6) is 0 Å². The zero-order valence-corrected chi connectivity index (χ0v) is 9.59. The predicted octanol–water partition coefficient (Wildman–Crippen LogP) is 1.21. The smallest absolute Gasteiger partial charge is 0.292 e. The molecule has 92 valence electrons. The van der Waals surface area contributed by atoms with E-state index in [-0.39, 0.29) is 17.8 Å². The van der Waals surface area contributed by atoms with E-state index >= 15 is 0 Å². The van der Waals surface area contributed by atoms with E-state index in [4.69, 9.17) is 10.3 Å². The zero-order valence-electron chi connectivity index (χ0n) is 9.59. The molecule has 1 heterocycles. The van der Waals surface area contributed by atoms with Crippen molar-refractivity contribution in [3.8, 4) is 11.5 Å². The Kier molecular flexibility index (Phi) is 2.47. The average molecular weight is 244 g/mol. The average Bonchev–Trinajstić information content (AvgIpc) is 3.04. The molecule has 1 saturated carbocycles. The Morgan fingerprint density at radius 2 is 2.06 bits per heavy atom. The van der Waals surface area contributed by atoms with Gasteiger partial charge in [0.2, 0.25) is 0 Å². The van der Waals surface area contributed by atoms with Gasteiger partial charge in [0.15, 0.2) is 0 Å².